The van der Waals surface area contributed by atoms with Crippen molar-refractivity contribution in [3.63, 3.8) is 0 Å². The Labute approximate surface area is 198 Å². The number of nitrogens with zero attached hydrogens (tertiary/aromatic N) is 1. The summed E-state index contributed by atoms with van der Waals surface area (Å²) in [6, 6.07) is 11.6. The fraction of sp³-hybridized carbons (Fsp3) is 0.375. The number of aliphatic hydroxyl groups excluding tert-OH is 3. The number of likely N-dealkylation sites (tertiary alicyclic amines) is 1. The minimum atomic E-state index is -1.46. The van der Waals surface area contributed by atoms with Gasteiger partial charge in [-0.25, -0.2) is 4.79 Å². The van der Waals surface area contributed by atoms with E-state index >= 15 is 0 Å². The molecule has 1 fully saturated rings. The summed E-state index contributed by atoms with van der Waals surface area (Å²) in [5.41, 5.74) is 7.15. The number of amides is 1. The minimum Gasteiger partial charge on any atom is -0.494 e. The minimum absolute atomic E-state index is 0.297. The van der Waals surface area contributed by atoms with Crippen LogP contribution in [-0.4, -0.2) is 69.4 Å². The van der Waals surface area contributed by atoms with Crippen LogP contribution >= 0.6 is 11.6 Å². The Morgan fingerprint density at radius 2 is 1.85 bits per heavy atom. The molecule has 8 nitrogen and oxygen atoms in total. The molecule has 6 N–H and O–H groups in total. The van der Waals surface area contributed by atoms with Gasteiger partial charge in [-0.15, -0.1) is 6.58 Å². The highest BCUT2D eigenvalue weighted by Crippen LogP contribution is 2.34. The molecule has 1 amide bonds. The summed E-state index contributed by atoms with van der Waals surface area (Å²) < 4.78 is 5.44. The zero-order chi connectivity index (χ0) is 24.5. The molecule has 1 saturated heterocycles. The SMILES string of the molecule is C=CCN.CCOc1ccc(Cc2cc([C@H]3[C@H](O)[C@@H](O)[C@H](O)CN3C(=O)O)ccc2Cl)cc1. The average Bonchev–Trinajstić information content (AvgIpc) is 2.80. The number of piperidine rings is 1. The maximum Gasteiger partial charge on any atom is 0.407 e. The van der Waals surface area contributed by atoms with Crippen molar-refractivity contribution >= 4 is 17.7 Å². The summed E-state index contributed by atoms with van der Waals surface area (Å²) >= 11 is 6.35. The molecule has 2 aromatic carbocycles. The predicted octanol–water partition coefficient (Wildman–Crippen LogP) is 2.58. The number of aliphatic hydroxyl groups is 3. The van der Waals surface area contributed by atoms with E-state index in [4.69, 9.17) is 22.1 Å². The number of nitrogens with two attached hydrogens (primary N) is 1. The lowest BCUT2D eigenvalue weighted by Crippen LogP contribution is -2.58. The topological polar surface area (TPSA) is 136 Å². The zero-order valence-corrected chi connectivity index (χ0v) is 19.2. The van der Waals surface area contributed by atoms with Crippen LogP contribution in [0.3, 0.4) is 0 Å². The second kappa shape index (κ2) is 12.6. The molecule has 0 radical (unpaired) electrons. The number of benzene rings is 2. The third-order valence-electron chi connectivity index (χ3n) is 5.24. The smallest absolute Gasteiger partial charge is 0.407 e. The Morgan fingerprint density at radius 1 is 1.21 bits per heavy atom. The van der Waals surface area contributed by atoms with Gasteiger partial charge in [-0.05, 0) is 48.2 Å². The van der Waals surface area contributed by atoms with Gasteiger partial charge in [0.15, 0.2) is 0 Å². The van der Waals surface area contributed by atoms with Crippen molar-refractivity contribution in [3.8, 4) is 5.75 Å². The molecule has 1 aliphatic rings. The molecule has 9 heteroatoms. The number of rotatable bonds is 6. The van der Waals surface area contributed by atoms with Crippen LogP contribution < -0.4 is 10.5 Å². The lowest BCUT2D eigenvalue weighted by molar-refractivity contribution is -0.130. The second-order valence-corrected chi connectivity index (χ2v) is 7.96. The van der Waals surface area contributed by atoms with Gasteiger partial charge in [-0.1, -0.05) is 41.9 Å². The molecule has 180 valence electrons. The Bertz CT molecular complexity index is 924. The average molecular weight is 479 g/mol. The zero-order valence-electron chi connectivity index (χ0n) is 18.5. The quantitative estimate of drug-likeness (QED) is 0.402. The number of ether oxygens (including phenoxy) is 1. The molecule has 0 unspecified atom stereocenters. The van der Waals surface area contributed by atoms with Crippen LogP contribution in [0.25, 0.3) is 0 Å². The van der Waals surface area contributed by atoms with Gasteiger partial charge in [0.2, 0.25) is 0 Å². The van der Waals surface area contributed by atoms with Crippen LogP contribution in [0.1, 0.15) is 29.7 Å². The van der Waals surface area contributed by atoms with E-state index in [1.165, 1.54) is 0 Å². The van der Waals surface area contributed by atoms with Crippen molar-refractivity contribution < 1.29 is 30.0 Å². The molecule has 0 aromatic heterocycles. The number of carboxylic acid groups (broad SMARTS) is 1. The maximum atomic E-state index is 11.6. The summed E-state index contributed by atoms with van der Waals surface area (Å²) in [5, 5.41) is 40.4. The first-order chi connectivity index (χ1) is 15.7. The van der Waals surface area contributed by atoms with Gasteiger partial charge in [0.25, 0.3) is 0 Å². The first-order valence-electron chi connectivity index (χ1n) is 10.6. The van der Waals surface area contributed by atoms with Crippen LogP contribution in [-0.2, 0) is 6.42 Å². The van der Waals surface area contributed by atoms with Gasteiger partial charge in [0.1, 0.15) is 24.1 Å². The lowest BCUT2D eigenvalue weighted by atomic mass is 9.88. The van der Waals surface area contributed by atoms with E-state index in [-0.39, 0.29) is 6.54 Å². The molecule has 0 spiro atoms. The highest BCUT2D eigenvalue weighted by atomic mass is 35.5. The van der Waals surface area contributed by atoms with Crippen molar-refractivity contribution in [2.75, 3.05) is 19.7 Å². The highest BCUT2D eigenvalue weighted by Gasteiger charge is 2.44. The van der Waals surface area contributed by atoms with Gasteiger partial charge in [0.05, 0.1) is 19.2 Å². The maximum absolute atomic E-state index is 11.6. The Hall–Kier alpha value is -2.62. The number of hydrogen-bond acceptors (Lipinski definition) is 6. The fourth-order valence-electron chi connectivity index (χ4n) is 3.60. The summed E-state index contributed by atoms with van der Waals surface area (Å²) in [6.07, 6.45) is -3.40. The molecule has 0 bridgehead atoms. The van der Waals surface area contributed by atoms with Crippen LogP contribution in [0.5, 0.6) is 5.75 Å². The number of carbonyl (C=O) groups is 1. The molecule has 2 aromatic rings. The standard InChI is InChI=1S/C21H24ClNO6.C3H7N/c1-2-29-15-6-3-12(4-7-15)9-14-10-13(5-8-16(14)22)18-20(26)19(25)17(24)11-23(18)21(27)28;1-2-3-4/h3-8,10,17-20,24-26H,2,9,11H2,1H3,(H,27,28);2H,1,3-4H2/t17-,18+,19+,20+;/m1./s1. The Kier molecular flexibility index (Phi) is 10.1. The van der Waals surface area contributed by atoms with Gasteiger partial charge < -0.3 is 30.9 Å². The molecular formula is C24H31ClN2O6. The Balaban J connectivity index is 0.000000890. The Morgan fingerprint density at radius 3 is 2.39 bits per heavy atom. The van der Waals surface area contributed by atoms with Crippen molar-refractivity contribution in [2.24, 2.45) is 5.73 Å². The van der Waals surface area contributed by atoms with E-state index in [9.17, 15) is 25.2 Å². The number of halogens is 1. The van der Waals surface area contributed by atoms with E-state index in [0.29, 0.717) is 30.2 Å². The molecule has 0 aliphatic carbocycles. The van der Waals surface area contributed by atoms with Crippen LogP contribution in [0.2, 0.25) is 5.02 Å². The fourth-order valence-corrected chi connectivity index (χ4v) is 3.78. The largest absolute Gasteiger partial charge is 0.494 e. The third kappa shape index (κ3) is 6.93. The lowest BCUT2D eigenvalue weighted by Gasteiger charge is -2.42. The van der Waals surface area contributed by atoms with E-state index in [1.807, 2.05) is 31.2 Å². The van der Waals surface area contributed by atoms with E-state index < -0.39 is 30.4 Å². The second-order valence-electron chi connectivity index (χ2n) is 7.56. The summed E-state index contributed by atoms with van der Waals surface area (Å²) in [7, 11) is 0. The van der Waals surface area contributed by atoms with Crippen molar-refractivity contribution in [1.82, 2.24) is 4.90 Å². The molecule has 0 saturated carbocycles. The molecule has 3 rings (SSSR count). The van der Waals surface area contributed by atoms with E-state index in [2.05, 4.69) is 6.58 Å². The summed E-state index contributed by atoms with van der Waals surface area (Å²) in [4.78, 5) is 12.6. The molecular weight excluding hydrogens is 448 g/mol. The van der Waals surface area contributed by atoms with E-state index in [1.54, 1.807) is 24.3 Å². The molecule has 33 heavy (non-hydrogen) atoms. The van der Waals surface area contributed by atoms with Crippen LogP contribution in [0.4, 0.5) is 4.79 Å². The van der Waals surface area contributed by atoms with Crippen molar-refractivity contribution in [2.45, 2.75) is 37.7 Å². The van der Waals surface area contributed by atoms with Crippen LogP contribution in [0, 0.1) is 0 Å². The van der Waals surface area contributed by atoms with Crippen LogP contribution in [0.15, 0.2) is 55.1 Å². The molecule has 4 atom stereocenters. The van der Waals surface area contributed by atoms with Crippen molar-refractivity contribution in [3.05, 3.63) is 76.8 Å². The monoisotopic (exact) mass is 478 g/mol. The first-order valence-corrected chi connectivity index (χ1v) is 11.0. The normalized spacial score (nSPS) is 22.2. The summed E-state index contributed by atoms with van der Waals surface area (Å²) in [5.74, 6) is 0.770. The van der Waals surface area contributed by atoms with Gasteiger partial charge in [-0.2, -0.15) is 0 Å². The third-order valence-corrected chi connectivity index (χ3v) is 5.61. The first kappa shape index (κ1) is 26.6. The predicted molar refractivity (Wildman–Crippen MR) is 127 cm³/mol. The molecule has 1 aliphatic heterocycles. The van der Waals surface area contributed by atoms with E-state index in [0.717, 1.165) is 21.8 Å². The van der Waals surface area contributed by atoms with Gasteiger partial charge in [0, 0.05) is 11.6 Å². The summed E-state index contributed by atoms with van der Waals surface area (Å²) in [6.45, 7) is 6.13. The molecule has 1 heterocycles. The highest BCUT2D eigenvalue weighted by molar-refractivity contribution is 6.31. The number of hydrogen-bond donors (Lipinski definition) is 5. The number of β-amino-alcohol motifs (C(OH)–C–C–N with tert-alkyl or cyclic N) is 1. The van der Waals surface area contributed by atoms with Gasteiger partial charge >= 0.3 is 6.09 Å². The van der Waals surface area contributed by atoms with Crippen molar-refractivity contribution in [1.29, 1.82) is 0 Å². The van der Waals surface area contributed by atoms with Gasteiger partial charge in [-0.3, -0.25) is 4.90 Å².